The summed E-state index contributed by atoms with van der Waals surface area (Å²) in [6, 6.07) is 12.8. The average Bonchev–Trinajstić information content (AvgIpc) is 2.46. The molecule has 3 N–H and O–H groups in total. The molecule has 0 saturated carbocycles. The summed E-state index contributed by atoms with van der Waals surface area (Å²) >= 11 is 0. The third kappa shape index (κ3) is 3.71. The molecular formula is C15H15FN2O2. The van der Waals surface area contributed by atoms with Gasteiger partial charge in [0.1, 0.15) is 18.2 Å². The fourth-order valence-corrected chi connectivity index (χ4v) is 1.64. The summed E-state index contributed by atoms with van der Waals surface area (Å²) in [5.74, 6) is -0.326. The second kappa shape index (κ2) is 6.56. The second-order valence-corrected chi connectivity index (χ2v) is 4.15. The topological polar surface area (TPSA) is 64.3 Å². The van der Waals surface area contributed by atoms with E-state index >= 15 is 0 Å². The zero-order chi connectivity index (χ0) is 14.4. The summed E-state index contributed by atoms with van der Waals surface area (Å²) in [6.45, 7) is 0.585. The number of ether oxygens (including phenoxy) is 1. The van der Waals surface area contributed by atoms with Crippen LogP contribution >= 0.6 is 0 Å². The summed E-state index contributed by atoms with van der Waals surface area (Å²) in [6.07, 6.45) is 0. The first-order chi connectivity index (χ1) is 9.66. The van der Waals surface area contributed by atoms with Gasteiger partial charge in [0, 0.05) is 5.69 Å². The Bertz CT molecular complexity index is 585. The molecule has 0 aliphatic heterocycles. The molecule has 0 unspecified atom stereocenters. The SMILES string of the molecule is Nc1ccc(OCCNC(=O)c2ccccc2F)cc1. The molecule has 0 atom stereocenters. The molecule has 0 radical (unpaired) electrons. The van der Waals surface area contributed by atoms with Crippen LogP contribution in [0.3, 0.4) is 0 Å². The zero-order valence-electron chi connectivity index (χ0n) is 10.8. The Hall–Kier alpha value is -2.56. The first kappa shape index (κ1) is 13.9. The molecular weight excluding hydrogens is 259 g/mol. The van der Waals surface area contributed by atoms with Gasteiger partial charge in [-0.1, -0.05) is 12.1 Å². The lowest BCUT2D eigenvalue weighted by atomic mass is 10.2. The molecule has 0 fully saturated rings. The predicted molar refractivity (Wildman–Crippen MR) is 75.1 cm³/mol. The lowest BCUT2D eigenvalue weighted by Gasteiger charge is -2.08. The van der Waals surface area contributed by atoms with Gasteiger partial charge in [-0.25, -0.2) is 4.39 Å². The average molecular weight is 274 g/mol. The molecule has 0 heterocycles. The lowest BCUT2D eigenvalue weighted by molar-refractivity contribution is 0.0943. The van der Waals surface area contributed by atoms with Crippen LogP contribution in [0.5, 0.6) is 5.75 Å². The molecule has 0 aliphatic carbocycles. The molecule has 0 bridgehead atoms. The minimum atomic E-state index is -0.538. The highest BCUT2D eigenvalue weighted by Crippen LogP contribution is 2.12. The van der Waals surface area contributed by atoms with Crippen LogP contribution in [-0.4, -0.2) is 19.1 Å². The molecule has 2 aromatic rings. The zero-order valence-corrected chi connectivity index (χ0v) is 10.8. The molecule has 0 aliphatic rings. The molecule has 0 spiro atoms. The van der Waals surface area contributed by atoms with Crippen molar-refractivity contribution in [2.45, 2.75) is 0 Å². The van der Waals surface area contributed by atoms with Crippen LogP contribution < -0.4 is 15.8 Å². The first-order valence-corrected chi connectivity index (χ1v) is 6.18. The number of nitrogen functional groups attached to an aromatic ring is 1. The fourth-order valence-electron chi connectivity index (χ4n) is 1.64. The Labute approximate surface area is 116 Å². The van der Waals surface area contributed by atoms with Crippen LogP contribution in [0.15, 0.2) is 48.5 Å². The van der Waals surface area contributed by atoms with E-state index in [0.717, 1.165) is 0 Å². The van der Waals surface area contributed by atoms with Crippen molar-refractivity contribution in [1.82, 2.24) is 5.32 Å². The van der Waals surface area contributed by atoms with E-state index in [1.807, 2.05) is 0 Å². The Kier molecular flexibility index (Phi) is 4.55. The highest BCUT2D eigenvalue weighted by atomic mass is 19.1. The number of anilines is 1. The Morgan fingerprint density at radius 2 is 1.85 bits per heavy atom. The number of nitrogens with two attached hydrogens (primary N) is 1. The van der Waals surface area contributed by atoms with Crippen LogP contribution in [-0.2, 0) is 0 Å². The summed E-state index contributed by atoms with van der Waals surface area (Å²) in [5.41, 5.74) is 6.24. The lowest BCUT2D eigenvalue weighted by Crippen LogP contribution is -2.28. The van der Waals surface area contributed by atoms with Crippen molar-refractivity contribution in [2.24, 2.45) is 0 Å². The Balaban J connectivity index is 1.77. The number of hydrogen-bond donors (Lipinski definition) is 2. The number of carbonyl (C=O) groups excluding carboxylic acids is 1. The molecule has 104 valence electrons. The van der Waals surface area contributed by atoms with Gasteiger partial charge in [-0.05, 0) is 36.4 Å². The van der Waals surface area contributed by atoms with E-state index < -0.39 is 11.7 Å². The minimum absolute atomic E-state index is 0.0278. The number of nitrogens with one attached hydrogen (secondary N) is 1. The standard InChI is InChI=1S/C15H15FN2O2/c16-14-4-2-1-3-13(14)15(19)18-9-10-20-12-7-5-11(17)6-8-12/h1-8H,9-10,17H2,(H,18,19). The number of carbonyl (C=O) groups is 1. The van der Waals surface area contributed by atoms with Gasteiger partial charge in [0.25, 0.3) is 5.91 Å². The van der Waals surface area contributed by atoms with Crippen molar-refractivity contribution in [3.8, 4) is 5.75 Å². The Morgan fingerprint density at radius 3 is 2.55 bits per heavy atom. The van der Waals surface area contributed by atoms with Gasteiger partial charge < -0.3 is 15.8 Å². The van der Waals surface area contributed by atoms with E-state index in [0.29, 0.717) is 18.0 Å². The van der Waals surface area contributed by atoms with Crippen LogP contribution in [0.2, 0.25) is 0 Å². The quantitative estimate of drug-likeness (QED) is 0.649. The first-order valence-electron chi connectivity index (χ1n) is 6.18. The molecule has 5 heteroatoms. The van der Waals surface area contributed by atoms with Crippen LogP contribution in [0, 0.1) is 5.82 Å². The van der Waals surface area contributed by atoms with Gasteiger partial charge in [-0.15, -0.1) is 0 Å². The van der Waals surface area contributed by atoms with E-state index in [9.17, 15) is 9.18 Å². The van der Waals surface area contributed by atoms with Crippen molar-refractivity contribution in [1.29, 1.82) is 0 Å². The summed E-state index contributed by atoms with van der Waals surface area (Å²) in [5, 5.41) is 2.59. The van der Waals surface area contributed by atoms with Crippen molar-refractivity contribution in [3.63, 3.8) is 0 Å². The van der Waals surface area contributed by atoms with Gasteiger partial charge >= 0.3 is 0 Å². The maximum absolute atomic E-state index is 13.3. The van der Waals surface area contributed by atoms with Crippen LogP contribution in [0.4, 0.5) is 10.1 Å². The van der Waals surface area contributed by atoms with Gasteiger partial charge in [-0.3, -0.25) is 4.79 Å². The van der Waals surface area contributed by atoms with E-state index in [2.05, 4.69) is 5.32 Å². The van der Waals surface area contributed by atoms with Crippen LogP contribution in [0.25, 0.3) is 0 Å². The summed E-state index contributed by atoms with van der Waals surface area (Å²) in [4.78, 5) is 11.7. The van der Waals surface area contributed by atoms with Crippen molar-refractivity contribution < 1.29 is 13.9 Å². The third-order valence-corrected chi connectivity index (χ3v) is 2.65. The highest BCUT2D eigenvalue weighted by Gasteiger charge is 2.09. The number of halogens is 1. The maximum atomic E-state index is 13.3. The normalized spacial score (nSPS) is 10.1. The fraction of sp³-hybridized carbons (Fsp3) is 0.133. The van der Waals surface area contributed by atoms with E-state index in [-0.39, 0.29) is 12.1 Å². The number of hydrogen-bond acceptors (Lipinski definition) is 3. The van der Waals surface area contributed by atoms with Crippen molar-refractivity contribution in [3.05, 3.63) is 59.9 Å². The van der Waals surface area contributed by atoms with Gasteiger partial charge in [0.2, 0.25) is 0 Å². The third-order valence-electron chi connectivity index (χ3n) is 2.65. The largest absolute Gasteiger partial charge is 0.492 e. The molecule has 20 heavy (non-hydrogen) atoms. The van der Waals surface area contributed by atoms with E-state index in [4.69, 9.17) is 10.5 Å². The second-order valence-electron chi connectivity index (χ2n) is 4.15. The number of amides is 1. The van der Waals surface area contributed by atoms with Crippen molar-refractivity contribution in [2.75, 3.05) is 18.9 Å². The van der Waals surface area contributed by atoms with Crippen LogP contribution in [0.1, 0.15) is 10.4 Å². The predicted octanol–water partition coefficient (Wildman–Crippen LogP) is 2.22. The van der Waals surface area contributed by atoms with E-state index in [1.54, 1.807) is 30.3 Å². The molecule has 0 saturated heterocycles. The number of benzene rings is 2. The molecule has 0 aromatic heterocycles. The number of rotatable bonds is 5. The monoisotopic (exact) mass is 274 g/mol. The molecule has 4 nitrogen and oxygen atoms in total. The summed E-state index contributed by atoms with van der Waals surface area (Å²) in [7, 11) is 0. The highest BCUT2D eigenvalue weighted by molar-refractivity contribution is 5.94. The molecule has 1 amide bonds. The minimum Gasteiger partial charge on any atom is -0.492 e. The van der Waals surface area contributed by atoms with Gasteiger partial charge in [0.05, 0.1) is 12.1 Å². The Morgan fingerprint density at radius 1 is 1.15 bits per heavy atom. The van der Waals surface area contributed by atoms with Gasteiger partial charge in [0.15, 0.2) is 0 Å². The molecule has 2 aromatic carbocycles. The molecule has 2 rings (SSSR count). The van der Waals surface area contributed by atoms with E-state index in [1.165, 1.54) is 18.2 Å². The summed E-state index contributed by atoms with van der Waals surface area (Å²) < 4.78 is 18.8. The van der Waals surface area contributed by atoms with Gasteiger partial charge in [-0.2, -0.15) is 0 Å². The smallest absolute Gasteiger partial charge is 0.254 e. The van der Waals surface area contributed by atoms with Crippen molar-refractivity contribution >= 4 is 11.6 Å². The maximum Gasteiger partial charge on any atom is 0.254 e.